The largest absolute Gasteiger partial charge is 0.472 e. The van der Waals surface area contributed by atoms with Gasteiger partial charge in [0, 0.05) is 19.4 Å². The number of hydrogen-bond acceptors (Lipinski definition) is 8. The Labute approximate surface area is 496 Å². The van der Waals surface area contributed by atoms with Crippen molar-refractivity contribution >= 4 is 19.8 Å². The van der Waals surface area contributed by atoms with Crippen LogP contribution in [0.2, 0.25) is 0 Å². The highest BCUT2D eigenvalue weighted by molar-refractivity contribution is 7.47. The smallest absolute Gasteiger partial charge is 0.462 e. The van der Waals surface area contributed by atoms with E-state index in [2.05, 4.69) is 160 Å². The Morgan fingerprint density at radius 2 is 0.642 bits per heavy atom. The molecule has 0 radical (unpaired) electrons. The molecule has 9 nitrogen and oxygen atoms in total. The van der Waals surface area contributed by atoms with Crippen LogP contribution in [0, 0.1) is 0 Å². The fourth-order valence-electron chi connectivity index (χ4n) is 8.53. The number of carbonyl (C=O) groups excluding carboxylic acids is 2. The molecule has 0 fully saturated rings. The average molecular weight is 1140 g/mol. The molecular formula is C71H118NO8P. The normalized spacial score (nSPS) is 14.0. The van der Waals surface area contributed by atoms with Crippen molar-refractivity contribution in [2.45, 2.75) is 264 Å². The van der Waals surface area contributed by atoms with E-state index >= 15 is 0 Å². The molecular weight excluding hydrogens is 1030 g/mol. The van der Waals surface area contributed by atoms with Crippen molar-refractivity contribution in [1.29, 1.82) is 0 Å². The summed E-state index contributed by atoms with van der Waals surface area (Å²) in [6, 6.07) is 0. The summed E-state index contributed by atoms with van der Waals surface area (Å²) < 4.78 is 33.1. The number of phosphoric ester groups is 1. The summed E-state index contributed by atoms with van der Waals surface area (Å²) in [6.45, 7) is 3.51. The fourth-order valence-corrected chi connectivity index (χ4v) is 9.29. The van der Waals surface area contributed by atoms with Crippen LogP contribution >= 0.6 is 7.82 Å². The average Bonchev–Trinajstić information content (AvgIpc) is 3.46. The van der Waals surface area contributed by atoms with Crippen molar-refractivity contribution in [3.8, 4) is 0 Å². The Morgan fingerprint density at radius 3 is 0.951 bits per heavy atom. The van der Waals surface area contributed by atoms with E-state index in [9.17, 15) is 19.0 Å². The zero-order valence-corrected chi connectivity index (χ0v) is 52.4. The quantitative estimate of drug-likeness (QED) is 0.0264. The number of ether oxygens (including phenoxy) is 2. The van der Waals surface area contributed by atoms with Crippen LogP contribution in [0.15, 0.2) is 146 Å². The molecule has 2 atom stereocenters. The van der Waals surface area contributed by atoms with Gasteiger partial charge in [-0.2, -0.15) is 0 Å². The number of unbranched alkanes of at least 4 members (excludes halogenated alkanes) is 22. The topological polar surface area (TPSA) is 134 Å². The SMILES string of the molecule is CC/C=C\C/C=C\C/C=C\C/C=C\C/C=C\C/C=C\C/C=C\C/C=C\CCCCCCCCCCCCCCCCC(=O)OC(COC(=O)CCCCCCCCCC/C=C\C/C=C\C/C=C\C/C=C\CC)COP(=O)(O)OCCN. The van der Waals surface area contributed by atoms with E-state index in [0.717, 1.165) is 128 Å². The van der Waals surface area contributed by atoms with E-state index in [1.54, 1.807) is 0 Å². The molecule has 0 aliphatic heterocycles. The third-order valence-electron chi connectivity index (χ3n) is 13.2. The number of nitrogens with two attached hydrogens (primary N) is 1. The number of carbonyl (C=O) groups is 2. The molecule has 2 unspecified atom stereocenters. The Bertz CT molecular complexity index is 1830. The van der Waals surface area contributed by atoms with Crippen LogP contribution in [0.5, 0.6) is 0 Å². The first kappa shape index (κ1) is 76.9. The molecule has 0 heterocycles. The highest BCUT2D eigenvalue weighted by Crippen LogP contribution is 2.43. The minimum atomic E-state index is -4.40. The third-order valence-corrected chi connectivity index (χ3v) is 14.2. The molecule has 0 aromatic rings. The molecule has 0 aromatic carbocycles. The van der Waals surface area contributed by atoms with Gasteiger partial charge in [-0.1, -0.05) is 275 Å². The third kappa shape index (κ3) is 64.9. The van der Waals surface area contributed by atoms with Crippen LogP contribution in [-0.2, 0) is 32.7 Å². The van der Waals surface area contributed by atoms with Crippen molar-refractivity contribution < 1.29 is 37.6 Å². The highest BCUT2D eigenvalue weighted by atomic mass is 31.2. The van der Waals surface area contributed by atoms with Crippen LogP contribution in [0.1, 0.15) is 258 Å². The van der Waals surface area contributed by atoms with E-state index in [1.807, 2.05) is 0 Å². The van der Waals surface area contributed by atoms with Crippen molar-refractivity contribution in [3.05, 3.63) is 146 Å². The molecule has 0 saturated carbocycles. The van der Waals surface area contributed by atoms with Crippen LogP contribution in [0.3, 0.4) is 0 Å². The van der Waals surface area contributed by atoms with E-state index in [4.69, 9.17) is 24.3 Å². The van der Waals surface area contributed by atoms with Crippen LogP contribution < -0.4 is 5.73 Å². The molecule has 0 aliphatic carbocycles. The fraction of sp³-hybridized carbons (Fsp3) is 0.634. The molecule has 0 saturated heterocycles. The Kier molecular flexibility index (Phi) is 61.7. The molecule has 0 rings (SSSR count). The Balaban J connectivity index is 3.93. The number of allylic oxidation sites excluding steroid dienone is 24. The van der Waals surface area contributed by atoms with E-state index in [0.29, 0.717) is 6.42 Å². The first-order chi connectivity index (χ1) is 39.8. The van der Waals surface area contributed by atoms with Crippen molar-refractivity contribution in [2.75, 3.05) is 26.4 Å². The van der Waals surface area contributed by atoms with Crippen molar-refractivity contribution in [2.24, 2.45) is 5.73 Å². The highest BCUT2D eigenvalue weighted by Gasteiger charge is 2.26. The Hall–Kier alpha value is -4.11. The molecule has 3 N–H and O–H groups in total. The first-order valence-corrected chi connectivity index (χ1v) is 33.8. The lowest BCUT2D eigenvalue weighted by Gasteiger charge is -2.19. The number of phosphoric acid groups is 1. The van der Waals surface area contributed by atoms with Gasteiger partial charge in [-0.3, -0.25) is 18.6 Å². The van der Waals surface area contributed by atoms with E-state index in [-0.39, 0.29) is 32.6 Å². The second-order valence-corrected chi connectivity index (χ2v) is 22.3. The maximum atomic E-state index is 12.7. The molecule has 0 aliphatic rings. The summed E-state index contributed by atoms with van der Waals surface area (Å²) >= 11 is 0. The van der Waals surface area contributed by atoms with Gasteiger partial charge in [0.1, 0.15) is 6.61 Å². The van der Waals surface area contributed by atoms with Gasteiger partial charge < -0.3 is 20.1 Å². The zero-order valence-electron chi connectivity index (χ0n) is 51.5. The van der Waals surface area contributed by atoms with Crippen molar-refractivity contribution in [3.63, 3.8) is 0 Å². The minimum Gasteiger partial charge on any atom is -0.462 e. The van der Waals surface area contributed by atoms with Gasteiger partial charge in [0.15, 0.2) is 6.10 Å². The predicted molar refractivity (Wildman–Crippen MR) is 348 cm³/mol. The van der Waals surface area contributed by atoms with E-state index < -0.39 is 32.5 Å². The number of hydrogen-bond donors (Lipinski definition) is 2. The van der Waals surface area contributed by atoms with Crippen LogP contribution in [-0.4, -0.2) is 49.3 Å². The monoisotopic (exact) mass is 1140 g/mol. The minimum absolute atomic E-state index is 0.0460. The van der Waals surface area contributed by atoms with Crippen LogP contribution in [0.25, 0.3) is 0 Å². The van der Waals surface area contributed by atoms with Crippen molar-refractivity contribution in [1.82, 2.24) is 0 Å². The lowest BCUT2D eigenvalue weighted by atomic mass is 10.0. The predicted octanol–water partition coefficient (Wildman–Crippen LogP) is 21.1. The van der Waals surface area contributed by atoms with E-state index in [1.165, 1.54) is 96.3 Å². The lowest BCUT2D eigenvalue weighted by molar-refractivity contribution is -0.161. The van der Waals surface area contributed by atoms with Gasteiger partial charge in [-0.15, -0.1) is 0 Å². The molecule has 460 valence electrons. The summed E-state index contributed by atoms with van der Waals surface area (Å²) in [5.41, 5.74) is 5.39. The summed E-state index contributed by atoms with van der Waals surface area (Å²) in [5.74, 6) is -0.841. The maximum absolute atomic E-state index is 12.7. The van der Waals surface area contributed by atoms with Gasteiger partial charge in [0.25, 0.3) is 0 Å². The van der Waals surface area contributed by atoms with Crippen LogP contribution in [0.4, 0.5) is 0 Å². The molecule has 0 bridgehead atoms. The lowest BCUT2D eigenvalue weighted by Crippen LogP contribution is -2.29. The standard InChI is InChI=1S/C71H118NO8P/c1-3-5-7-9-11-13-15-17-19-21-23-25-26-27-28-29-30-31-32-33-34-35-36-37-38-39-40-41-42-44-46-48-50-52-54-56-58-60-62-64-71(74)80-69(68-79-81(75,76)78-66-65-72)67-77-70(73)63-61-59-57-55-53-51-49-47-45-43-24-22-20-18-16-14-12-10-8-6-4-2/h5-8,11-14,17-20,23-25,27-28,30-31,33-34,36-37,43,69H,3-4,9-10,15-16,21-22,26,29,32,35,38-42,44-68,72H2,1-2H3,(H,75,76)/b7-5-,8-6-,13-11-,14-12-,19-17-,20-18-,25-23-,28-27-,31-30-,34-33-,37-36-,43-24-. The first-order valence-electron chi connectivity index (χ1n) is 32.3. The summed E-state index contributed by atoms with van der Waals surface area (Å²) in [7, 11) is -4.40. The van der Waals surface area contributed by atoms with Gasteiger partial charge >= 0.3 is 19.8 Å². The summed E-state index contributed by atoms with van der Waals surface area (Å²) in [4.78, 5) is 35.3. The number of esters is 2. The van der Waals surface area contributed by atoms with Gasteiger partial charge in [0.05, 0.1) is 13.2 Å². The summed E-state index contributed by atoms with van der Waals surface area (Å²) in [6.07, 6.45) is 93.5. The second-order valence-electron chi connectivity index (χ2n) is 20.9. The maximum Gasteiger partial charge on any atom is 0.472 e. The second kappa shape index (κ2) is 65.0. The molecule has 0 spiro atoms. The number of rotatable bonds is 59. The van der Waals surface area contributed by atoms with Gasteiger partial charge in [-0.25, -0.2) is 4.57 Å². The Morgan fingerprint density at radius 1 is 0.370 bits per heavy atom. The molecule has 81 heavy (non-hydrogen) atoms. The zero-order chi connectivity index (χ0) is 58.7. The molecule has 0 aromatic heterocycles. The molecule has 10 heteroatoms. The van der Waals surface area contributed by atoms with Gasteiger partial charge in [-0.05, 0) is 116 Å². The molecule has 0 amide bonds. The van der Waals surface area contributed by atoms with Gasteiger partial charge in [0.2, 0.25) is 0 Å². The summed E-state index contributed by atoms with van der Waals surface area (Å²) in [5, 5.41) is 0.